The Hall–Kier alpha value is -2.03. The molecule has 0 aliphatic rings. The Balaban J connectivity index is 2.14. The topological polar surface area (TPSA) is 56.7 Å². The monoisotopic (exact) mass is 431 g/mol. The van der Waals surface area contributed by atoms with E-state index in [-0.39, 0.29) is 5.56 Å². The number of rotatable bonds is 10. The minimum Gasteiger partial charge on any atom is -0.385 e. The van der Waals surface area contributed by atoms with Gasteiger partial charge in [0.15, 0.2) is 0 Å². The van der Waals surface area contributed by atoms with Crippen LogP contribution in [0.15, 0.2) is 29.1 Å². The van der Waals surface area contributed by atoms with E-state index in [0.717, 1.165) is 25.0 Å². The summed E-state index contributed by atoms with van der Waals surface area (Å²) in [5.41, 5.74) is 0.763. The van der Waals surface area contributed by atoms with Gasteiger partial charge in [0.2, 0.25) is 10.5 Å². The lowest BCUT2D eigenvalue weighted by Crippen LogP contribution is -2.33. The van der Waals surface area contributed by atoms with Gasteiger partial charge in [0.1, 0.15) is 0 Å². The van der Waals surface area contributed by atoms with Crippen molar-refractivity contribution in [1.82, 2.24) is 23.6 Å². The van der Waals surface area contributed by atoms with Gasteiger partial charge in [-0.25, -0.2) is 4.68 Å². The zero-order valence-electron chi connectivity index (χ0n) is 18.7. The second-order valence-corrected chi connectivity index (χ2v) is 9.07. The Kier molecular flexibility index (Phi) is 7.44. The molecule has 0 atom stereocenters. The van der Waals surface area contributed by atoms with Crippen LogP contribution in [0.1, 0.15) is 34.1 Å². The van der Waals surface area contributed by atoms with Crippen LogP contribution >= 0.6 is 12.2 Å². The zero-order valence-corrected chi connectivity index (χ0v) is 19.5. The molecule has 3 aromatic rings. The molecule has 0 radical (unpaired) electrons. The van der Waals surface area contributed by atoms with Crippen LogP contribution in [0.3, 0.4) is 0 Å². The smallest absolute Gasteiger partial charge is 0.262 e. The minimum atomic E-state index is -0.0393. The van der Waals surface area contributed by atoms with Crippen LogP contribution in [0.4, 0.5) is 0 Å². The number of nitrogens with zero attached hydrogens (tertiary/aromatic N) is 5. The van der Waals surface area contributed by atoms with Crippen molar-refractivity contribution >= 4 is 28.9 Å². The van der Waals surface area contributed by atoms with Crippen molar-refractivity contribution in [2.75, 3.05) is 26.8 Å². The molecular formula is C22H33N5O2S. The molecule has 7 nitrogen and oxygen atoms in total. The molecule has 0 bridgehead atoms. The molecule has 0 unspecified atom stereocenters. The van der Waals surface area contributed by atoms with Crippen molar-refractivity contribution in [3.63, 3.8) is 0 Å². The first-order valence-electron chi connectivity index (χ1n) is 10.7. The molecule has 164 valence electrons. The molecule has 1 aromatic carbocycles. The number of aryl methyl sites for hydroxylation is 1. The summed E-state index contributed by atoms with van der Waals surface area (Å²) in [5, 5.41) is 5.46. The molecule has 0 amide bonds. The Morgan fingerprint density at radius 2 is 1.80 bits per heavy atom. The first-order valence-corrected chi connectivity index (χ1v) is 11.1. The van der Waals surface area contributed by atoms with Gasteiger partial charge in [0, 0.05) is 33.4 Å². The van der Waals surface area contributed by atoms with Gasteiger partial charge in [0.25, 0.3) is 5.56 Å². The van der Waals surface area contributed by atoms with Crippen LogP contribution in [0, 0.1) is 16.6 Å². The first-order chi connectivity index (χ1) is 14.3. The van der Waals surface area contributed by atoms with Gasteiger partial charge in [-0.2, -0.15) is 0 Å². The van der Waals surface area contributed by atoms with E-state index in [0.29, 0.717) is 47.6 Å². The Bertz CT molecular complexity index is 1100. The first kappa shape index (κ1) is 22.7. The summed E-state index contributed by atoms with van der Waals surface area (Å²) in [6, 6.07) is 7.60. The fourth-order valence-corrected chi connectivity index (χ4v) is 4.22. The molecular weight excluding hydrogens is 398 g/mol. The summed E-state index contributed by atoms with van der Waals surface area (Å²) in [7, 11) is 1.67. The molecule has 0 saturated heterocycles. The molecule has 0 aliphatic carbocycles. The second kappa shape index (κ2) is 9.85. The minimum absolute atomic E-state index is 0.0393. The van der Waals surface area contributed by atoms with E-state index in [1.807, 2.05) is 33.3 Å². The van der Waals surface area contributed by atoms with Gasteiger partial charge < -0.3 is 4.74 Å². The van der Waals surface area contributed by atoms with Crippen molar-refractivity contribution in [3.8, 4) is 0 Å². The van der Waals surface area contributed by atoms with Crippen LogP contribution < -0.4 is 5.56 Å². The van der Waals surface area contributed by atoms with Gasteiger partial charge in [-0.15, -0.1) is 5.10 Å². The maximum absolute atomic E-state index is 13.2. The van der Waals surface area contributed by atoms with E-state index < -0.39 is 0 Å². The van der Waals surface area contributed by atoms with E-state index in [9.17, 15) is 4.79 Å². The standard InChI is InChI=1S/C22H33N5O2S/c1-16(2)13-24(14-17(3)4)15-26-22(30)27-19-10-7-6-9-18(19)20(28)25(21(27)23-26)11-8-12-29-5/h6-7,9-10,16-17H,8,11-15H2,1-5H3. The van der Waals surface area contributed by atoms with Gasteiger partial charge in [-0.1, -0.05) is 39.8 Å². The molecule has 2 aromatic heterocycles. The number of hydrogen-bond donors (Lipinski definition) is 0. The molecule has 0 fully saturated rings. The third-order valence-corrected chi connectivity index (χ3v) is 5.39. The summed E-state index contributed by atoms with van der Waals surface area (Å²) in [4.78, 5) is 15.6. The fourth-order valence-electron chi connectivity index (χ4n) is 3.94. The summed E-state index contributed by atoms with van der Waals surface area (Å²) < 4.78 is 11.3. The second-order valence-electron chi connectivity index (χ2n) is 8.70. The average molecular weight is 432 g/mol. The SMILES string of the molecule is COCCCn1c(=O)c2ccccc2n2c(=S)n(CN(CC(C)C)CC(C)C)nc12. The van der Waals surface area contributed by atoms with Crippen LogP contribution in [0.25, 0.3) is 16.7 Å². The maximum Gasteiger partial charge on any atom is 0.262 e. The molecule has 30 heavy (non-hydrogen) atoms. The largest absolute Gasteiger partial charge is 0.385 e. The average Bonchev–Trinajstić information content (AvgIpc) is 2.99. The molecule has 0 saturated carbocycles. The number of benzene rings is 1. The third-order valence-electron chi connectivity index (χ3n) is 5.00. The van der Waals surface area contributed by atoms with Crippen molar-refractivity contribution in [1.29, 1.82) is 0 Å². The number of ether oxygens (including phenoxy) is 1. The number of hydrogen-bond acceptors (Lipinski definition) is 5. The van der Waals surface area contributed by atoms with Crippen LogP contribution in [-0.4, -0.2) is 50.5 Å². The fraction of sp³-hybridized carbons (Fsp3) is 0.591. The number of methoxy groups -OCH3 is 1. The summed E-state index contributed by atoms with van der Waals surface area (Å²) in [6.07, 6.45) is 0.733. The van der Waals surface area contributed by atoms with Gasteiger partial charge in [-0.05, 0) is 42.6 Å². The lowest BCUT2D eigenvalue weighted by molar-refractivity contribution is 0.165. The quantitative estimate of drug-likeness (QED) is 0.361. The third kappa shape index (κ3) is 4.82. The highest BCUT2D eigenvalue weighted by Gasteiger charge is 2.17. The van der Waals surface area contributed by atoms with Crippen LogP contribution in [-0.2, 0) is 18.0 Å². The van der Waals surface area contributed by atoms with Crippen molar-refractivity contribution < 1.29 is 4.74 Å². The Morgan fingerprint density at radius 3 is 2.43 bits per heavy atom. The number of fused-ring (bicyclic) bond motifs is 3. The Morgan fingerprint density at radius 1 is 1.13 bits per heavy atom. The highest BCUT2D eigenvalue weighted by molar-refractivity contribution is 7.71. The molecule has 8 heteroatoms. The summed E-state index contributed by atoms with van der Waals surface area (Å²) in [6.45, 7) is 12.5. The van der Waals surface area contributed by atoms with Crippen LogP contribution in [0.5, 0.6) is 0 Å². The molecule has 0 N–H and O–H groups in total. The van der Waals surface area contributed by atoms with E-state index in [1.165, 1.54) is 0 Å². The molecule has 3 rings (SSSR count). The highest BCUT2D eigenvalue weighted by atomic mass is 32.1. The van der Waals surface area contributed by atoms with E-state index in [4.69, 9.17) is 22.1 Å². The Labute approximate surface area is 182 Å². The van der Waals surface area contributed by atoms with Crippen molar-refractivity contribution in [3.05, 3.63) is 39.4 Å². The summed E-state index contributed by atoms with van der Waals surface area (Å²) in [5.74, 6) is 1.68. The zero-order chi connectivity index (χ0) is 21.8. The molecule has 0 aliphatic heterocycles. The van der Waals surface area contributed by atoms with Crippen LogP contribution in [0.2, 0.25) is 0 Å². The lowest BCUT2D eigenvalue weighted by atomic mass is 10.1. The maximum atomic E-state index is 13.2. The predicted octanol–water partition coefficient (Wildman–Crippen LogP) is 3.79. The summed E-state index contributed by atoms with van der Waals surface area (Å²) >= 11 is 5.84. The van der Waals surface area contributed by atoms with Gasteiger partial charge >= 0.3 is 0 Å². The molecule has 0 spiro atoms. The normalized spacial score (nSPS) is 12.3. The number of para-hydroxylation sites is 1. The van der Waals surface area contributed by atoms with Crippen molar-refractivity contribution in [2.45, 2.75) is 47.3 Å². The molecule has 2 heterocycles. The number of aromatic nitrogens is 4. The van der Waals surface area contributed by atoms with E-state index in [2.05, 4.69) is 32.6 Å². The highest BCUT2D eigenvalue weighted by Crippen LogP contribution is 2.15. The predicted molar refractivity (Wildman–Crippen MR) is 124 cm³/mol. The van der Waals surface area contributed by atoms with Gasteiger partial charge in [-0.3, -0.25) is 18.7 Å². The van der Waals surface area contributed by atoms with E-state index >= 15 is 0 Å². The lowest BCUT2D eigenvalue weighted by Gasteiger charge is -2.25. The van der Waals surface area contributed by atoms with Gasteiger partial charge in [0.05, 0.1) is 17.6 Å². The van der Waals surface area contributed by atoms with E-state index in [1.54, 1.807) is 11.7 Å². The van der Waals surface area contributed by atoms with Crippen molar-refractivity contribution in [2.24, 2.45) is 11.8 Å².